The van der Waals surface area contributed by atoms with Gasteiger partial charge in [0.05, 0.1) is 17.5 Å². The van der Waals surface area contributed by atoms with E-state index in [-0.39, 0.29) is 17.9 Å². The summed E-state index contributed by atoms with van der Waals surface area (Å²) < 4.78 is 1.68. The van der Waals surface area contributed by atoms with E-state index in [1.54, 1.807) is 41.3 Å². The molecule has 0 bridgehead atoms. The molecule has 2 amide bonds. The lowest BCUT2D eigenvalue weighted by Gasteiger charge is -2.19. The number of carbonyl (C=O) groups excluding carboxylic acids is 2. The van der Waals surface area contributed by atoms with Crippen LogP contribution in [0.5, 0.6) is 0 Å². The molecule has 0 spiro atoms. The van der Waals surface area contributed by atoms with Crippen LogP contribution >= 0.6 is 11.3 Å². The molecule has 0 aliphatic carbocycles. The minimum atomic E-state index is -0.265. The molecule has 0 aliphatic rings. The number of rotatable bonds is 7. The normalized spacial score (nSPS) is 11.6. The predicted molar refractivity (Wildman–Crippen MR) is 115 cm³/mol. The molecule has 0 saturated carbocycles. The van der Waals surface area contributed by atoms with Gasteiger partial charge in [-0.3, -0.25) is 14.3 Å². The van der Waals surface area contributed by atoms with Crippen molar-refractivity contribution in [3.63, 3.8) is 0 Å². The first-order chi connectivity index (χ1) is 14.7. The molecule has 2 N–H and O–H groups in total. The Morgan fingerprint density at radius 3 is 2.43 bits per heavy atom. The van der Waals surface area contributed by atoms with Crippen LogP contribution in [-0.4, -0.2) is 26.6 Å². The first-order valence-electron chi connectivity index (χ1n) is 9.32. The molecule has 0 aliphatic heterocycles. The summed E-state index contributed by atoms with van der Waals surface area (Å²) in [6.07, 6.45) is 3.08. The highest BCUT2D eigenvalue weighted by Gasteiger charge is 2.17. The largest absolute Gasteiger partial charge is 0.343 e. The van der Waals surface area contributed by atoms with E-state index in [9.17, 15) is 9.59 Å². The van der Waals surface area contributed by atoms with Crippen LogP contribution in [0.3, 0.4) is 0 Å². The minimum absolute atomic E-state index is 0.167. The lowest BCUT2D eigenvalue weighted by molar-refractivity contribution is 0.0931. The summed E-state index contributed by atoms with van der Waals surface area (Å²) in [6.45, 7) is 0.463. The van der Waals surface area contributed by atoms with Gasteiger partial charge in [0.25, 0.3) is 11.8 Å². The lowest BCUT2D eigenvalue weighted by Crippen LogP contribution is -2.31. The van der Waals surface area contributed by atoms with Crippen molar-refractivity contribution >= 4 is 28.8 Å². The average molecular weight is 417 g/mol. The average Bonchev–Trinajstić information content (AvgIpc) is 3.49. The first-order valence-corrected chi connectivity index (χ1v) is 10.2. The second-order valence-corrected chi connectivity index (χ2v) is 7.51. The molecule has 0 radical (unpaired) electrons. The van der Waals surface area contributed by atoms with E-state index in [1.165, 1.54) is 17.7 Å². The van der Waals surface area contributed by atoms with Gasteiger partial charge < -0.3 is 10.6 Å². The molecule has 30 heavy (non-hydrogen) atoms. The topological polar surface area (TPSA) is 88.9 Å². The van der Waals surface area contributed by atoms with E-state index in [2.05, 4.69) is 20.7 Å². The van der Waals surface area contributed by atoms with E-state index in [0.29, 0.717) is 22.7 Å². The fourth-order valence-electron chi connectivity index (χ4n) is 2.98. The van der Waals surface area contributed by atoms with Gasteiger partial charge in [-0.15, -0.1) is 11.3 Å². The molecular weight excluding hydrogens is 398 g/mol. The smallest absolute Gasteiger partial charge is 0.265 e. The molecule has 2 aromatic heterocycles. The Morgan fingerprint density at radius 2 is 1.77 bits per heavy atom. The van der Waals surface area contributed by atoms with Gasteiger partial charge in [0, 0.05) is 11.3 Å². The zero-order valence-electron chi connectivity index (χ0n) is 15.9. The van der Waals surface area contributed by atoms with Gasteiger partial charge >= 0.3 is 0 Å². The second-order valence-electron chi connectivity index (χ2n) is 6.56. The molecule has 8 heteroatoms. The van der Waals surface area contributed by atoms with E-state index in [0.717, 1.165) is 5.56 Å². The van der Waals surface area contributed by atoms with Crippen LogP contribution in [-0.2, 0) is 6.54 Å². The Hall–Kier alpha value is -3.78. The van der Waals surface area contributed by atoms with Gasteiger partial charge in [0.2, 0.25) is 0 Å². The molecule has 1 unspecified atom stereocenters. The van der Waals surface area contributed by atoms with E-state index < -0.39 is 0 Å². The fraction of sp³-hybridized carbons (Fsp3) is 0.0909. The van der Waals surface area contributed by atoms with Crippen molar-refractivity contribution in [2.45, 2.75) is 12.6 Å². The molecule has 150 valence electrons. The molecule has 4 aromatic rings. The number of thiophene rings is 1. The van der Waals surface area contributed by atoms with Gasteiger partial charge in [-0.2, -0.15) is 5.10 Å². The standard InChI is InChI=1S/C22H19N5O2S/c28-21(17-8-10-18(11-9-17)25-22(29)20-7-4-12-30-20)26-19(13-27-15-23-14-24-27)16-5-2-1-3-6-16/h1-12,14-15,19H,13H2,(H,25,29)(H,26,28). The number of nitrogens with zero attached hydrogens (tertiary/aromatic N) is 3. The summed E-state index contributed by atoms with van der Waals surface area (Å²) in [5.74, 6) is -0.376. The van der Waals surface area contributed by atoms with Crippen molar-refractivity contribution in [3.8, 4) is 0 Å². The molecule has 1 atom stereocenters. The van der Waals surface area contributed by atoms with E-state index in [4.69, 9.17) is 0 Å². The maximum absolute atomic E-state index is 12.8. The highest BCUT2D eigenvalue weighted by atomic mass is 32.1. The van der Waals surface area contributed by atoms with Crippen LogP contribution in [0.1, 0.15) is 31.6 Å². The van der Waals surface area contributed by atoms with Crippen molar-refractivity contribution in [1.29, 1.82) is 0 Å². The van der Waals surface area contributed by atoms with Crippen LogP contribution in [0.25, 0.3) is 0 Å². The molecule has 0 saturated heterocycles. The predicted octanol–water partition coefficient (Wildman–Crippen LogP) is 3.76. The molecule has 2 aromatic carbocycles. The second kappa shape index (κ2) is 9.15. The number of nitrogens with one attached hydrogen (secondary N) is 2. The zero-order valence-corrected chi connectivity index (χ0v) is 16.8. The maximum atomic E-state index is 12.8. The van der Waals surface area contributed by atoms with Crippen LogP contribution in [0.2, 0.25) is 0 Å². The third-order valence-electron chi connectivity index (χ3n) is 4.49. The summed E-state index contributed by atoms with van der Waals surface area (Å²) in [6, 6.07) is 19.9. The van der Waals surface area contributed by atoms with E-state index in [1.807, 2.05) is 41.8 Å². The molecule has 2 heterocycles. The molecule has 4 rings (SSSR count). The SMILES string of the molecule is O=C(NC(Cn1cncn1)c1ccccc1)c1ccc(NC(=O)c2cccs2)cc1. The van der Waals surface area contributed by atoms with Gasteiger partial charge in [-0.1, -0.05) is 36.4 Å². The maximum Gasteiger partial charge on any atom is 0.265 e. The van der Waals surface area contributed by atoms with Crippen LogP contribution in [0.4, 0.5) is 5.69 Å². The van der Waals surface area contributed by atoms with Crippen molar-refractivity contribution in [2.75, 3.05) is 5.32 Å². The van der Waals surface area contributed by atoms with E-state index >= 15 is 0 Å². The number of aromatic nitrogens is 3. The summed E-state index contributed by atoms with van der Waals surface area (Å²) in [7, 11) is 0. The van der Waals surface area contributed by atoms with Crippen LogP contribution < -0.4 is 10.6 Å². The molecular formula is C22H19N5O2S. The van der Waals surface area contributed by atoms with Crippen molar-refractivity contribution < 1.29 is 9.59 Å². The van der Waals surface area contributed by atoms with Crippen LogP contribution in [0.15, 0.2) is 84.8 Å². The zero-order chi connectivity index (χ0) is 20.8. The Kier molecular flexibility index (Phi) is 5.95. The van der Waals surface area contributed by atoms with Crippen molar-refractivity contribution in [1.82, 2.24) is 20.1 Å². The van der Waals surface area contributed by atoms with Gasteiger partial charge in [0.1, 0.15) is 12.7 Å². The summed E-state index contributed by atoms with van der Waals surface area (Å²) in [5.41, 5.74) is 2.11. The number of benzene rings is 2. The number of anilines is 1. The Bertz CT molecular complexity index is 1090. The number of hydrogen-bond donors (Lipinski definition) is 2. The summed E-state index contributed by atoms with van der Waals surface area (Å²) >= 11 is 1.38. The van der Waals surface area contributed by atoms with Crippen molar-refractivity contribution in [2.24, 2.45) is 0 Å². The van der Waals surface area contributed by atoms with Gasteiger partial charge in [0.15, 0.2) is 0 Å². The number of hydrogen-bond acceptors (Lipinski definition) is 5. The third-order valence-corrected chi connectivity index (χ3v) is 5.36. The van der Waals surface area contributed by atoms with Gasteiger partial charge in [-0.25, -0.2) is 4.98 Å². The van der Waals surface area contributed by atoms with Gasteiger partial charge in [-0.05, 0) is 41.3 Å². The summed E-state index contributed by atoms with van der Waals surface area (Å²) in [5, 5.41) is 11.9. The lowest BCUT2D eigenvalue weighted by atomic mass is 10.1. The Labute approximate surface area is 177 Å². The van der Waals surface area contributed by atoms with Crippen LogP contribution in [0, 0.1) is 0 Å². The molecule has 0 fully saturated rings. The number of carbonyl (C=O) groups is 2. The number of amides is 2. The Morgan fingerprint density at radius 1 is 0.967 bits per heavy atom. The summed E-state index contributed by atoms with van der Waals surface area (Å²) in [4.78, 5) is 29.6. The highest BCUT2D eigenvalue weighted by molar-refractivity contribution is 7.12. The monoisotopic (exact) mass is 417 g/mol. The fourth-order valence-corrected chi connectivity index (χ4v) is 3.60. The third kappa shape index (κ3) is 4.79. The minimum Gasteiger partial charge on any atom is -0.343 e. The van der Waals surface area contributed by atoms with Crippen molar-refractivity contribution in [3.05, 3.63) is 101 Å². The first kappa shape index (κ1) is 19.5. The highest BCUT2D eigenvalue weighted by Crippen LogP contribution is 2.17. The molecule has 7 nitrogen and oxygen atoms in total. The Balaban J connectivity index is 1.45. The quantitative estimate of drug-likeness (QED) is 0.479.